The van der Waals surface area contributed by atoms with Gasteiger partial charge in [-0.2, -0.15) is 0 Å². The molecule has 0 aromatic heterocycles. The van der Waals surface area contributed by atoms with E-state index >= 15 is 0 Å². The number of hydrogen-bond acceptors (Lipinski definition) is 2. The molecule has 21 heavy (non-hydrogen) atoms. The summed E-state index contributed by atoms with van der Waals surface area (Å²) in [5.74, 6) is -0.0914. The van der Waals surface area contributed by atoms with E-state index in [1.165, 1.54) is 5.56 Å². The number of hydrogen-bond donors (Lipinski definition) is 2. The minimum absolute atomic E-state index is 0.0914. The highest BCUT2D eigenvalue weighted by Crippen LogP contribution is 2.23. The monoisotopic (exact) mass is 302 g/mol. The zero-order chi connectivity index (χ0) is 15.2. The molecule has 1 amide bonds. The molecule has 2 aromatic carbocycles. The van der Waals surface area contributed by atoms with Crippen LogP contribution in [0, 0.1) is 6.92 Å². The van der Waals surface area contributed by atoms with Crippen LogP contribution in [0.15, 0.2) is 42.5 Å². The molecule has 0 aliphatic heterocycles. The number of nitrogens with one attached hydrogen (secondary N) is 2. The summed E-state index contributed by atoms with van der Waals surface area (Å²) in [6.07, 6.45) is 0.929. The number of carbonyl (C=O) groups is 1. The predicted molar refractivity (Wildman–Crippen MR) is 89.1 cm³/mol. The Bertz CT molecular complexity index is 640. The number of para-hydroxylation sites is 1. The third kappa shape index (κ3) is 3.99. The highest BCUT2D eigenvalue weighted by molar-refractivity contribution is 6.31. The molecule has 3 nitrogen and oxygen atoms in total. The van der Waals surface area contributed by atoms with Gasteiger partial charge in [0.05, 0.1) is 6.54 Å². The molecular weight excluding hydrogens is 284 g/mol. The first-order valence-electron chi connectivity index (χ1n) is 6.98. The van der Waals surface area contributed by atoms with E-state index in [1.54, 1.807) is 0 Å². The second-order valence-electron chi connectivity index (χ2n) is 4.82. The van der Waals surface area contributed by atoms with Crippen molar-refractivity contribution in [3.8, 4) is 0 Å². The first-order valence-corrected chi connectivity index (χ1v) is 7.36. The van der Waals surface area contributed by atoms with Gasteiger partial charge in [0.2, 0.25) is 5.91 Å². The average molecular weight is 303 g/mol. The number of anilines is 2. The molecular formula is C17H19ClN2O. The van der Waals surface area contributed by atoms with Crippen LogP contribution in [0.4, 0.5) is 11.4 Å². The second kappa shape index (κ2) is 7.14. The smallest absolute Gasteiger partial charge is 0.243 e. The fourth-order valence-corrected chi connectivity index (χ4v) is 2.29. The maximum atomic E-state index is 12.0. The van der Waals surface area contributed by atoms with E-state index in [4.69, 9.17) is 11.6 Å². The Morgan fingerprint density at radius 1 is 1.10 bits per heavy atom. The summed E-state index contributed by atoms with van der Waals surface area (Å²) < 4.78 is 0. The van der Waals surface area contributed by atoms with Crippen molar-refractivity contribution in [2.24, 2.45) is 0 Å². The zero-order valence-electron chi connectivity index (χ0n) is 12.2. The summed E-state index contributed by atoms with van der Waals surface area (Å²) in [6, 6.07) is 13.5. The minimum Gasteiger partial charge on any atom is -0.376 e. The fourth-order valence-electron chi connectivity index (χ4n) is 2.11. The highest BCUT2D eigenvalue weighted by atomic mass is 35.5. The average Bonchev–Trinajstić information content (AvgIpc) is 2.50. The number of aryl methyl sites for hydroxylation is 1. The molecule has 2 N–H and O–H groups in total. The summed E-state index contributed by atoms with van der Waals surface area (Å²) in [5, 5.41) is 6.70. The molecule has 0 aliphatic carbocycles. The van der Waals surface area contributed by atoms with Crippen molar-refractivity contribution < 1.29 is 4.79 Å². The number of rotatable bonds is 5. The Labute approximate surface area is 130 Å². The Kier molecular flexibility index (Phi) is 5.23. The number of carbonyl (C=O) groups excluding carboxylic acids is 1. The van der Waals surface area contributed by atoms with Crippen LogP contribution in [0.1, 0.15) is 18.1 Å². The van der Waals surface area contributed by atoms with Crippen LogP contribution in [-0.4, -0.2) is 12.5 Å². The van der Waals surface area contributed by atoms with Gasteiger partial charge in [-0.15, -0.1) is 0 Å². The molecule has 0 saturated heterocycles. The molecule has 2 rings (SSSR count). The molecule has 110 valence electrons. The molecule has 0 fully saturated rings. The fraction of sp³-hybridized carbons (Fsp3) is 0.235. The molecule has 0 radical (unpaired) electrons. The summed E-state index contributed by atoms with van der Waals surface area (Å²) in [4.78, 5) is 12.0. The first kappa shape index (κ1) is 15.4. The molecule has 0 aliphatic rings. The molecule has 4 heteroatoms. The Morgan fingerprint density at radius 2 is 1.81 bits per heavy atom. The van der Waals surface area contributed by atoms with Gasteiger partial charge in [0.1, 0.15) is 0 Å². The van der Waals surface area contributed by atoms with Crippen molar-refractivity contribution in [2.45, 2.75) is 20.3 Å². The van der Waals surface area contributed by atoms with Crippen LogP contribution in [0.25, 0.3) is 0 Å². The summed E-state index contributed by atoms with van der Waals surface area (Å²) in [6.45, 7) is 4.20. The summed E-state index contributed by atoms with van der Waals surface area (Å²) >= 11 is 6.04. The first-order chi connectivity index (χ1) is 10.1. The van der Waals surface area contributed by atoms with Crippen molar-refractivity contribution in [2.75, 3.05) is 17.2 Å². The maximum absolute atomic E-state index is 12.0. The van der Waals surface area contributed by atoms with Crippen molar-refractivity contribution in [3.05, 3.63) is 58.6 Å². The molecule has 0 spiro atoms. The zero-order valence-corrected chi connectivity index (χ0v) is 13.0. The van der Waals surface area contributed by atoms with Crippen LogP contribution < -0.4 is 10.6 Å². The van der Waals surface area contributed by atoms with Gasteiger partial charge < -0.3 is 10.6 Å². The van der Waals surface area contributed by atoms with Crippen LogP contribution in [0.5, 0.6) is 0 Å². The van der Waals surface area contributed by atoms with E-state index in [0.29, 0.717) is 5.02 Å². The molecule has 0 atom stereocenters. The van der Waals surface area contributed by atoms with E-state index in [-0.39, 0.29) is 12.5 Å². The topological polar surface area (TPSA) is 41.1 Å². The molecule has 0 saturated carbocycles. The van der Waals surface area contributed by atoms with E-state index in [1.807, 2.05) is 43.3 Å². The lowest BCUT2D eigenvalue weighted by Gasteiger charge is -2.12. The number of halogens is 1. The Hall–Kier alpha value is -2.00. The predicted octanol–water partition coefficient (Wildman–Crippen LogP) is 4.26. The van der Waals surface area contributed by atoms with Crippen LogP contribution in [-0.2, 0) is 11.2 Å². The highest BCUT2D eigenvalue weighted by Gasteiger charge is 2.07. The largest absolute Gasteiger partial charge is 0.376 e. The van der Waals surface area contributed by atoms with Crippen LogP contribution >= 0.6 is 11.6 Å². The van der Waals surface area contributed by atoms with E-state index in [0.717, 1.165) is 23.4 Å². The molecule has 2 aromatic rings. The van der Waals surface area contributed by atoms with E-state index < -0.39 is 0 Å². The van der Waals surface area contributed by atoms with Gasteiger partial charge in [0.25, 0.3) is 0 Å². The third-order valence-corrected chi connectivity index (χ3v) is 3.79. The van der Waals surface area contributed by atoms with Crippen molar-refractivity contribution in [3.63, 3.8) is 0 Å². The minimum atomic E-state index is -0.0914. The van der Waals surface area contributed by atoms with Gasteiger partial charge >= 0.3 is 0 Å². The van der Waals surface area contributed by atoms with Crippen LogP contribution in [0.2, 0.25) is 5.02 Å². The number of amides is 1. The van der Waals surface area contributed by atoms with Crippen molar-refractivity contribution >= 4 is 28.9 Å². The molecule has 0 heterocycles. The van der Waals surface area contributed by atoms with Crippen molar-refractivity contribution in [1.29, 1.82) is 0 Å². The molecule has 0 unspecified atom stereocenters. The molecule has 0 bridgehead atoms. The van der Waals surface area contributed by atoms with Gasteiger partial charge in [-0.3, -0.25) is 4.79 Å². The Morgan fingerprint density at radius 3 is 2.57 bits per heavy atom. The van der Waals surface area contributed by atoms with E-state index in [9.17, 15) is 4.79 Å². The van der Waals surface area contributed by atoms with Gasteiger partial charge in [-0.05, 0) is 42.7 Å². The second-order valence-corrected chi connectivity index (χ2v) is 5.23. The van der Waals surface area contributed by atoms with Gasteiger partial charge in [0, 0.05) is 16.4 Å². The maximum Gasteiger partial charge on any atom is 0.243 e. The van der Waals surface area contributed by atoms with Crippen molar-refractivity contribution in [1.82, 2.24) is 0 Å². The quantitative estimate of drug-likeness (QED) is 0.866. The summed E-state index contributed by atoms with van der Waals surface area (Å²) in [5.41, 5.74) is 3.82. The lowest BCUT2D eigenvalue weighted by atomic mass is 10.1. The summed E-state index contributed by atoms with van der Waals surface area (Å²) in [7, 11) is 0. The number of benzene rings is 2. The Balaban J connectivity index is 1.98. The SMILES string of the molecule is CCc1ccccc1NCC(=O)Nc1cccc(Cl)c1C. The standard InChI is InChI=1S/C17H19ClN2O/c1-3-13-7-4-5-9-16(13)19-11-17(21)20-15-10-6-8-14(18)12(15)2/h4-10,19H,3,11H2,1-2H3,(H,20,21). The van der Waals surface area contributed by atoms with Crippen LogP contribution in [0.3, 0.4) is 0 Å². The lowest BCUT2D eigenvalue weighted by molar-refractivity contribution is -0.114. The van der Waals surface area contributed by atoms with Gasteiger partial charge in [-0.25, -0.2) is 0 Å². The lowest BCUT2D eigenvalue weighted by Crippen LogP contribution is -2.22. The third-order valence-electron chi connectivity index (χ3n) is 3.38. The normalized spacial score (nSPS) is 10.2. The van der Waals surface area contributed by atoms with Gasteiger partial charge in [-0.1, -0.05) is 42.8 Å². The van der Waals surface area contributed by atoms with Gasteiger partial charge in [0.15, 0.2) is 0 Å². The van der Waals surface area contributed by atoms with E-state index in [2.05, 4.69) is 23.6 Å².